The zero-order valence-electron chi connectivity index (χ0n) is 22.7. The number of anilines is 1. The fourth-order valence-corrected chi connectivity index (χ4v) is 5.18. The minimum atomic E-state index is 0. The zero-order chi connectivity index (χ0) is 25.4. The predicted octanol–water partition coefficient (Wildman–Crippen LogP) is 9.09. The van der Waals surface area contributed by atoms with Gasteiger partial charge in [0.1, 0.15) is 5.75 Å². The third-order valence-corrected chi connectivity index (χ3v) is 7.45. The van der Waals surface area contributed by atoms with Gasteiger partial charge in [-0.15, -0.1) is 28.7 Å². The summed E-state index contributed by atoms with van der Waals surface area (Å²) in [4.78, 5) is 16.5. The number of rotatable bonds is 17. The third-order valence-electron chi connectivity index (χ3n) is 6.65. The van der Waals surface area contributed by atoms with Gasteiger partial charge < -0.3 is 14.5 Å². The summed E-state index contributed by atoms with van der Waals surface area (Å²) in [5, 5.41) is 2.13. The molecule has 0 unspecified atom stereocenters. The first-order valence-corrected chi connectivity index (χ1v) is 14.8. The van der Waals surface area contributed by atoms with E-state index in [1.54, 1.807) is 6.92 Å². The standard InChI is InChI=1S/C31H44N2O2S.BrH/c1-3-4-5-6-7-8-9-10-11-12-22-35-31-19-15-29(16-20-31)25-33(27(2)34)30-17-13-28(14-18-30)24-32-21-23-36-26-32;/h13-21,23H,3-12,22,24-26H2,1-2H3;1H. The first-order valence-electron chi connectivity index (χ1n) is 13.8. The monoisotopic (exact) mass is 588 g/mol. The molecule has 1 aliphatic rings. The fraction of sp³-hybridized carbons (Fsp3) is 0.516. The second kappa shape index (κ2) is 18.4. The number of thioether (sulfide) groups is 1. The molecule has 0 radical (unpaired) electrons. The number of halogens is 1. The van der Waals surface area contributed by atoms with Crippen LogP contribution in [0.25, 0.3) is 0 Å². The third kappa shape index (κ3) is 12.0. The van der Waals surface area contributed by atoms with Crippen LogP contribution in [0.4, 0.5) is 5.69 Å². The SMILES string of the molecule is Br.CCCCCCCCCCCCOc1ccc(CN(C(C)=O)c2ccc(CN3C=CSC3)cc2)cc1. The maximum Gasteiger partial charge on any atom is 0.224 e. The molecule has 0 fully saturated rings. The van der Waals surface area contributed by atoms with E-state index < -0.39 is 0 Å². The van der Waals surface area contributed by atoms with Crippen molar-refractivity contribution in [2.75, 3.05) is 17.4 Å². The topological polar surface area (TPSA) is 32.8 Å². The number of unbranched alkanes of at least 4 members (excludes halogenated alkanes) is 9. The Bertz CT molecular complexity index is 918. The van der Waals surface area contributed by atoms with Gasteiger partial charge in [-0.25, -0.2) is 0 Å². The summed E-state index contributed by atoms with van der Waals surface area (Å²) < 4.78 is 5.95. The molecule has 1 heterocycles. The molecule has 204 valence electrons. The Morgan fingerprint density at radius 1 is 0.865 bits per heavy atom. The number of hydrogen-bond donors (Lipinski definition) is 0. The molecule has 0 spiro atoms. The zero-order valence-corrected chi connectivity index (χ0v) is 25.2. The van der Waals surface area contributed by atoms with E-state index in [0.29, 0.717) is 6.54 Å². The van der Waals surface area contributed by atoms with Crippen molar-refractivity contribution in [2.24, 2.45) is 0 Å². The van der Waals surface area contributed by atoms with E-state index >= 15 is 0 Å². The molecule has 0 aromatic heterocycles. The number of carbonyl (C=O) groups is 1. The van der Waals surface area contributed by atoms with Gasteiger partial charge in [0, 0.05) is 25.4 Å². The highest BCUT2D eigenvalue weighted by molar-refractivity contribution is 8.93. The van der Waals surface area contributed by atoms with Gasteiger partial charge in [-0.3, -0.25) is 4.79 Å². The predicted molar refractivity (Wildman–Crippen MR) is 165 cm³/mol. The van der Waals surface area contributed by atoms with Crippen LogP contribution < -0.4 is 9.64 Å². The highest BCUT2D eigenvalue weighted by atomic mass is 79.9. The number of carbonyl (C=O) groups excluding carboxylic acids is 1. The Morgan fingerprint density at radius 2 is 1.46 bits per heavy atom. The van der Waals surface area contributed by atoms with Gasteiger partial charge >= 0.3 is 0 Å². The van der Waals surface area contributed by atoms with Crippen LogP contribution in [0.3, 0.4) is 0 Å². The summed E-state index contributed by atoms with van der Waals surface area (Å²) in [7, 11) is 0. The lowest BCUT2D eigenvalue weighted by Gasteiger charge is -2.22. The molecule has 2 aromatic carbocycles. The largest absolute Gasteiger partial charge is 0.494 e. The van der Waals surface area contributed by atoms with Crippen LogP contribution in [0.15, 0.2) is 60.1 Å². The molecule has 3 rings (SSSR count). The van der Waals surface area contributed by atoms with Crippen molar-refractivity contribution in [1.29, 1.82) is 0 Å². The lowest BCUT2D eigenvalue weighted by Crippen LogP contribution is -2.27. The summed E-state index contributed by atoms with van der Waals surface area (Å²) in [5.74, 6) is 1.95. The molecule has 1 aliphatic heterocycles. The molecule has 2 aromatic rings. The van der Waals surface area contributed by atoms with Crippen molar-refractivity contribution < 1.29 is 9.53 Å². The Hall–Kier alpha value is -1.92. The molecule has 0 atom stereocenters. The highest BCUT2D eigenvalue weighted by Gasteiger charge is 2.13. The lowest BCUT2D eigenvalue weighted by molar-refractivity contribution is -0.116. The minimum absolute atomic E-state index is 0. The average molecular weight is 590 g/mol. The van der Waals surface area contributed by atoms with Crippen molar-refractivity contribution in [2.45, 2.75) is 91.1 Å². The number of amides is 1. The highest BCUT2D eigenvalue weighted by Crippen LogP contribution is 2.23. The van der Waals surface area contributed by atoms with Crippen LogP contribution in [-0.2, 0) is 17.9 Å². The van der Waals surface area contributed by atoms with E-state index in [2.05, 4.69) is 47.7 Å². The molecule has 0 saturated heterocycles. The second-order valence-electron chi connectivity index (χ2n) is 9.77. The van der Waals surface area contributed by atoms with E-state index in [1.807, 2.05) is 40.9 Å². The van der Waals surface area contributed by atoms with Gasteiger partial charge in [0.2, 0.25) is 5.91 Å². The first kappa shape index (κ1) is 31.3. The summed E-state index contributed by atoms with van der Waals surface area (Å²) in [5.41, 5.74) is 3.27. The van der Waals surface area contributed by atoms with Gasteiger partial charge in [-0.2, -0.15) is 0 Å². The molecule has 0 aliphatic carbocycles. The van der Waals surface area contributed by atoms with E-state index in [1.165, 1.54) is 63.4 Å². The van der Waals surface area contributed by atoms with E-state index in [0.717, 1.165) is 42.4 Å². The Labute approximate surface area is 239 Å². The van der Waals surface area contributed by atoms with Crippen molar-refractivity contribution in [1.82, 2.24) is 4.90 Å². The average Bonchev–Trinajstić information content (AvgIpc) is 3.40. The molecule has 6 heteroatoms. The minimum Gasteiger partial charge on any atom is -0.494 e. The Morgan fingerprint density at radius 3 is 2.03 bits per heavy atom. The van der Waals surface area contributed by atoms with Gasteiger partial charge in [0.25, 0.3) is 0 Å². The van der Waals surface area contributed by atoms with Crippen LogP contribution in [-0.4, -0.2) is 23.3 Å². The number of ether oxygens (including phenoxy) is 1. The first-order chi connectivity index (χ1) is 17.7. The molecular weight excluding hydrogens is 544 g/mol. The molecule has 0 N–H and O–H groups in total. The van der Waals surface area contributed by atoms with Gasteiger partial charge in [0.05, 0.1) is 19.0 Å². The fourth-order valence-electron chi connectivity index (χ4n) is 4.46. The van der Waals surface area contributed by atoms with E-state index in [4.69, 9.17) is 4.74 Å². The maximum atomic E-state index is 12.4. The molecular formula is C31H45BrN2O2S. The van der Waals surface area contributed by atoms with Gasteiger partial charge in [-0.05, 0) is 47.2 Å². The van der Waals surface area contributed by atoms with Crippen LogP contribution in [0.1, 0.15) is 89.2 Å². The van der Waals surface area contributed by atoms with Crippen molar-refractivity contribution in [3.05, 3.63) is 71.3 Å². The summed E-state index contributed by atoms with van der Waals surface area (Å²) >= 11 is 1.81. The molecule has 4 nitrogen and oxygen atoms in total. The quantitative estimate of drug-likeness (QED) is 0.172. The Balaban J connectivity index is 0.00000481. The molecule has 0 bridgehead atoms. The maximum absolute atomic E-state index is 12.4. The van der Waals surface area contributed by atoms with Crippen LogP contribution in [0.2, 0.25) is 0 Å². The number of nitrogens with zero attached hydrogens (tertiary/aromatic N) is 2. The molecule has 1 amide bonds. The number of benzene rings is 2. The second-order valence-corrected chi connectivity index (χ2v) is 10.6. The van der Waals surface area contributed by atoms with Crippen LogP contribution >= 0.6 is 28.7 Å². The number of hydrogen-bond acceptors (Lipinski definition) is 4. The van der Waals surface area contributed by atoms with Crippen molar-refractivity contribution >= 4 is 40.3 Å². The Kier molecular flexibility index (Phi) is 15.5. The normalized spacial score (nSPS) is 12.4. The molecule has 37 heavy (non-hydrogen) atoms. The van der Waals surface area contributed by atoms with Gasteiger partial charge in [-0.1, -0.05) is 89.0 Å². The lowest BCUT2D eigenvalue weighted by atomic mass is 10.1. The van der Waals surface area contributed by atoms with Crippen molar-refractivity contribution in [3.63, 3.8) is 0 Å². The van der Waals surface area contributed by atoms with E-state index in [9.17, 15) is 4.79 Å². The van der Waals surface area contributed by atoms with Crippen molar-refractivity contribution in [3.8, 4) is 5.75 Å². The van der Waals surface area contributed by atoms with Crippen LogP contribution in [0, 0.1) is 0 Å². The smallest absolute Gasteiger partial charge is 0.224 e. The van der Waals surface area contributed by atoms with E-state index in [-0.39, 0.29) is 22.9 Å². The summed E-state index contributed by atoms with van der Waals surface area (Å²) in [6, 6.07) is 16.5. The molecule has 0 saturated carbocycles. The summed E-state index contributed by atoms with van der Waals surface area (Å²) in [6.45, 7) is 6.12. The van der Waals surface area contributed by atoms with Crippen LogP contribution in [0.5, 0.6) is 5.75 Å². The summed E-state index contributed by atoms with van der Waals surface area (Å²) in [6.07, 6.45) is 15.4. The van der Waals surface area contributed by atoms with Gasteiger partial charge in [0.15, 0.2) is 0 Å².